The van der Waals surface area contributed by atoms with Gasteiger partial charge in [0.2, 0.25) is 0 Å². The van der Waals surface area contributed by atoms with E-state index in [0.717, 1.165) is 6.61 Å². The Kier molecular flexibility index (Phi) is 4.27. The first-order valence-corrected chi connectivity index (χ1v) is 9.53. The molecule has 0 radical (unpaired) electrons. The standard InChI is InChI=1S/C6H13OPS3/c1-3-7-8(9)10-5-4-6(2)11-8/h6H,3-5H2,1-2H3. The first-order chi connectivity index (χ1) is 5.16. The third-order valence-corrected chi connectivity index (χ3v) is 11.3. The Labute approximate surface area is 81.6 Å². The van der Waals surface area contributed by atoms with Crippen LogP contribution in [0.15, 0.2) is 0 Å². The van der Waals surface area contributed by atoms with Crippen LogP contribution in [0.1, 0.15) is 20.3 Å². The third-order valence-electron chi connectivity index (χ3n) is 1.37. The molecule has 1 nitrogen and oxygen atoms in total. The molecule has 0 aromatic carbocycles. The maximum Gasteiger partial charge on any atom is 0.174 e. The summed E-state index contributed by atoms with van der Waals surface area (Å²) in [6, 6.07) is 0. The van der Waals surface area contributed by atoms with Crippen molar-refractivity contribution in [2.45, 2.75) is 25.5 Å². The van der Waals surface area contributed by atoms with Gasteiger partial charge in [0.25, 0.3) is 0 Å². The lowest BCUT2D eigenvalue weighted by atomic mass is 10.4. The molecule has 1 aliphatic heterocycles. The molecule has 0 spiro atoms. The van der Waals surface area contributed by atoms with Crippen molar-refractivity contribution in [2.75, 3.05) is 12.4 Å². The topological polar surface area (TPSA) is 9.23 Å². The van der Waals surface area contributed by atoms with E-state index in [1.54, 1.807) is 0 Å². The molecular formula is C6H13OPS3. The minimum atomic E-state index is -1.50. The van der Waals surface area contributed by atoms with Crippen molar-refractivity contribution in [3.05, 3.63) is 0 Å². The number of hydrogen-bond acceptors (Lipinski definition) is 4. The molecule has 2 atom stereocenters. The Morgan fingerprint density at radius 3 is 3.00 bits per heavy atom. The van der Waals surface area contributed by atoms with Gasteiger partial charge in [0.1, 0.15) is 0 Å². The molecule has 0 aromatic rings. The van der Waals surface area contributed by atoms with Crippen LogP contribution in [0.2, 0.25) is 0 Å². The molecule has 66 valence electrons. The quantitative estimate of drug-likeness (QED) is 0.668. The lowest BCUT2D eigenvalue weighted by Gasteiger charge is -2.28. The minimum absolute atomic E-state index is 0.702. The van der Waals surface area contributed by atoms with Crippen LogP contribution in [0.5, 0.6) is 0 Å². The number of hydrogen-bond donors (Lipinski definition) is 0. The summed E-state index contributed by atoms with van der Waals surface area (Å²) in [5.74, 6) is 1.19. The van der Waals surface area contributed by atoms with Crippen molar-refractivity contribution in [1.82, 2.24) is 0 Å². The fourth-order valence-electron chi connectivity index (χ4n) is 0.860. The van der Waals surface area contributed by atoms with Crippen molar-refractivity contribution < 1.29 is 4.52 Å². The highest BCUT2D eigenvalue weighted by Gasteiger charge is 2.26. The molecular weight excluding hydrogens is 215 g/mol. The van der Waals surface area contributed by atoms with Crippen LogP contribution >= 0.6 is 27.4 Å². The Balaban J connectivity index is 2.49. The van der Waals surface area contributed by atoms with E-state index >= 15 is 0 Å². The van der Waals surface area contributed by atoms with Gasteiger partial charge in [-0.1, -0.05) is 29.7 Å². The molecule has 11 heavy (non-hydrogen) atoms. The summed E-state index contributed by atoms with van der Waals surface area (Å²) in [5, 5.41) is 0.702. The third kappa shape index (κ3) is 3.27. The van der Waals surface area contributed by atoms with Crippen LogP contribution < -0.4 is 0 Å². The molecule has 1 fully saturated rings. The smallest absolute Gasteiger partial charge is 0.174 e. The average molecular weight is 228 g/mol. The molecule has 0 saturated carbocycles. The molecule has 0 aliphatic carbocycles. The second-order valence-electron chi connectivity index (χ2n) is 2.40. The highest BCUT2D eigenvalue weighted by atomic mass is 33.2. The predicted octanol–water partition coefficient (Wildman–Crippen LogP) is 3.51. The normalized spacial score (nSPS) is 38.9. The molecule has 0 aromatic heterocycles. The van der Waals surface area contributed by atoms with Gasteiger partial charge in [0, 0.05) is 11.0 Å². The summed E-state index contributed by atoms with van der Waals surface area (Å²) in [7, 11) is 0. The SMILES string of the molecule is CCOP1(=S)SCCC(C)S1. The monoisotopic (exact) mass is 228 g/mol. The highest BCUT2D eigenvalue weighted by Crippen LogP contribution is 2.74. The highest BCUT2D eigenvalue weighted by molar-refractivity contribution is 8.99. The van der Waals surface area contributed by atoms with E-state index < -0.39 is 4.67 Å². The largest absolute Gasteiger partial charge is 0.334 e. The van der Waals surface area contributed by atoms with Crippen molar-refractivity contribution in [3.63, 3.8) is 0 Å². The van der Waals surface area contributed by atoms with Gasteiger partial charge >= 0.3 is 0 Å². The van der Waals surface area contributed by atoms with Crippen molar-refractivity contribution in [2.24, 2.45) is 0 Å². The van der Waals surface area contributed by atoms with Crippen LogP contribution in [0.3, 0.4) is 0 Å². The van der Waals surface area contributed by atoms with Gasteiger partial charge in [-0.05, 0) is 25.2 Å². The minimum Gasteiger partial charge on any atom is -0.334 e. The van der Waals surface area contributed by atoms with E-state index in [4.69, 9.17) is 16.3 Å². The summed E-state index contributed by atoms with van der Waals surface area (Å²) in [5.41, 5.74) is 0. The van der Waals surface area contributed by atoms with Gasteiger partial charge in [-0.3, -0.25) is 0 Å². The fourth-order valence-corrected chi connectivity index (χ4v) is 11.6. The van der Waals surface area contributed by atoms with Crippen molar-refractivity contribution in [3.8, 4) is 0 Å². The Morgan fingerprint density at radius 1 is 1.73 bits per heavy atom. The van der Waals surface area contributed by atoms with Gasteiger partial charge in [-0.2, -0.15) is 0 Å². The van der Waals surface area contributed by atoms with Crippen molar-refractivity contribution >= 4 is 39.2 Å². The molecule has 1 heterocycles. The lowest BCUT2D eigenvalue weighted by molar-refractivity contribution is 0.393. The molecule has 2 unspecified atom stereocenters. The first kappa shape index (κ1) is 10.4. The molecule has 0 N–H and O–H groups in total. The molecule has 0 amide bonds. The van der Waals surface area contributed by atoms with Gasteiger partial charge < -0.3 is 4.52 Å². The molecule has 0 bridgehead atoms. The van der Waals surface area contributed by atoms with Crippen LogP contribution in [0, 0.1) is 0 Å². The van der Waals surface area contributed by atoms with Crippen molar-refractivity contribution in [1.29, 1.82) is 0 Å². The predicted molar refractivity (Wildman–Crippen MR) is 60.0 cm³/mol. The lowest BCUT2D eigenvalue weighted by Crippen LogP contribution is -2.03. The average Bonchev–Trinajstić information content (AvgIpc) is 1.86. The van der Waals surface area contributed by atoms with E-state index in [9.17, 15) is 0 Å². The maximum absolute atomic E-state index is 5.59. The summed E-state index contributed by atoms with van der Waals surface area (Å²) in [4.78, 5) is 0. The van der Waals surface area contributed by atoms with E-state index in [-0.39, 0.29) is 0 Å². The molecule has 1 rings (SSSR count). The summed E-state index contributed by atoms with van der Waals surface area (Å²) >= 11 is 9.18. The zero-order chi connectivity index (χ0) is 8.32. The van der Waals surface area contributed by atoms with Gasteiger partial charge in [0.15, 0.2) is 4.67 Å². The van der Waals surface area contributed by atoms with Crippen LogP contribution in [-0.4, -0.2) is 17.6 Å². The summed E-state index contributed by atoms with van der Waals surface area (Å²) in [6.07, 6.45) is 1.28. The molecule has 1 aliphatic rings. The molecule has 1 saturated heterocycles. The first-order valence-electron chi connectivity index (χ1n) is 3.74. The second-order valence-corrected chi connectivity index (χ2v) is 13.4. The zero-order valence-corrected chi connectivity index (χ0v) is 10.1. The van der Waals surface area contributed by atoms with Gasteiger partial charge in [-0.15, -0.1) is 0 Å². The second kappa shape index (κ2) is 4.52. The van der Waals surface area contributed by atoms with Crippen LogP contribution in [0.25, 0.3) is 0 Å². The van der Waals surface area contributed by atoms with E-state index in [2.05, 4.69) is 6.92 Å². The van der Waals surface area contributed by atoms with Gasteiger partial charge in [0.05, 0.1) is 6.61 Å². The van der Waals surface area contributed by atoms with Crippen LogP contribution in [0.4, 0.5) is 0 Å². The maximum atomic E-state index is 5.59. The van der Waals surface area contributed by atoms with Gasteiger partial charge in [-0.25, -0.2) is 0 Å². The zero-order valence-electron chi connectivity index (χ0n) is 6.78. The number of rotatable bonds is 2. The summed E-state index contributed by atoms with van der Waals surface area (Å²) < 4.78 is 4.09. The Hall–Kier alpha value is 1.31. The van der Waals surface area contributed by atoms with Crippen LogP contribution in [-0.2, 0) is 16.3 Å². The fraction of sp³-hybridized carbons (Fsp3) is 1.00. The van der Waals surface area contributed by atoms with E-state index in [1.807, 2.05) is 29.7 Å². The summed E-state index contributed by atoms with van der Waals surface area (Å²) in [6.45, 7) is 5.03. The Bertz CT molecular complexity index is 167. The van der Waals surface area contributed by atoms with E-state index in [0.29, 0.717) is 5.25 Å². The Morgan fingerprint density at radius 2 is 2.45 bits per heavy atom. The molecule has 5 heteroatoms. The van der Waals surface area contributed by atoms with E-state index in [1.165, 1.54) is 12.2 Å².